The molecular formula is C15H24N2O2. The highest BCUT2D eigenvalue weighted by Gasteiger charge is 2.17. The molecule has 0 spiro atoms. The van der Waals surface area contributed by atoms with Crippen LogP contribution in [0.5, 0.6) is 5.75 Å². The van der Waals surface area contributed by atoms with E-state index in [1.807, 2.05) is 52.0 Å². The van der Waals surface area contributed by atoms with Gasteiger partial charge < -0.3 is 15.8 Å². The number of carbonyl (C=O) groups is 1. The molecule has 1 unspecified atom stereocenters. The largest absolute Gasteiger partial charge is 0.491 e. The normalized spacial score (nSPS) is 14.0. The molecule has 3 N–H and O–H groups in total. The van der Waals surface area contributed by atoms with Crippen molar-refractivity contribution >= 4 is 5.91 Å². The minimum Gasteiger partial charge on any atom is -0.491 e. The van der Waals surface area contributed by atoms with Gasteiger partial charge in [-0.1, -0.05) is 25.1 Å². The van der Waals surface area contributed by atoms with Crippen molar-refractivity contribution in [3.8, 4) is 5.75 Å². The van der Waals surface area contributed by atoms with E-state index in [2.05, 4.69) is 5.32 Å². The number of nitrogens with two attached hydrogens (primary N) is 1. The van der Waals surface area contributed by atoms with Crippen LogP contribution in [0.15, 0.2) is 24.3 Å². The first-order valence-electron chi connectivity index (χ1n) is 6.77. The quantitative estimate of drug-likeness (QED) is 0.829. The molecule has 19 heavy (non-hydrogen) atoms. The third-order valence-corrected chi connectivity index (χ3v) is 2.88. The summed E-state index contributed by atoms with van der Waals surface area (Å²) in [4.78, 5) is 11.8. The lowest BCUT2D eigenvalue weighted by Gasteiger charge is -2.21. The van der Waals surface area contributed by atoms with Crippen LogP contribution in [-0.2, 0) is 4.79 Å². The second-order valence-corrected chi connectivity index (χ2v) is 4.95. The Hall–Kier alpha value is -1.55. The minimum absolute atomic E-state index is 0.0990. The summed E-state index contributed by atoms with van der Waals surface area (Å²) in [5, 5.41) is 2.92. The first kappa shape index (κ1) is 15.5. The van der Waals surface area contributed by atoms with Crippen LogP contribution in [0.25, 0.3) is 0 Å². The smallest absolute Gasteiger partial charge is 0.237 e. The van der Waals surface area contributed by atoms with Crippen LogP contribution in [-0.4, -0.2) is 18.1 Å². The molecular weight excluding hydrogens is 240 g/mol. The van der Waals surface area contributed by atoms with Gasteiger partial charge in [-0.3, -0.25) is 4.79 Å². The average Bonchev–Trinajstić information content (AvgIpc) is 2.37. The maximum atomic E-state index is 11.8. The number of hydrogen-bond donors (Lipinski definition) is 2. The molecule has 2 atom stereocenters. The summed E-state index contributed by atoms with van der Waals surface area (Å²) in [6.07, 6.45) is 0.727. The van der Waals surface area contributed by atoms with Gasteiger partial charge in [0.05, 0.1) is 18.2 Å². The lowest BCUT2D eigenvalue weighted by Crippen LogP contribution is -2.41. The lowest BCUT2D eigenvalue weighted by molar-refractivity contribution is -0.123. The van der Waals surface area contributed by atoms with Crippen LogP contribution >= 0.6 is 0 Å². The molecule has 0 saturated carbocycles. The van der Waals surface area contributed by atoms with Gasteiger partial charge in [-0.05, 0) is 33.3 Å². The van der Waals surface area contributed by atoms with E-state index in [1.165, 1.54) is 0 Å². The summed E-state index contributed by atoms with van der Waals surface area (Å²) in [6, 6.07) is 7.15. The molecule has 0 aliphatic carbocycles. The zero-order valence-electron chi connectivity index (χ0n) is 12.1. The van der Waals surface area contributed by atoms with Crippen molar-refractivity contribution in [1.82, 2.24) is 5.32 Å². The molecule has 0 aliphatic rings. The molecule has 4 heteroatoms. The molecule has 1 rings (SSSR count). The maximum Gasteiger partial charge on any atom is 0.237 e. The fourth-order valence-electron chi connectivity index (χ4n) is 1.78. The number of amides is 1. The van der Waals surface area contributed by atoms with E-state index in [4.69, 9.17) is 10.5 Å². The summed E-state index contributed by atoms with van der Waals surface area (Å²) < 4.78 is 5.75. The van der Waals surface area contributed by atoms with Crippen LogP contribution in [0.1, 0.15) is 45.7 Å². The molecule has 0 radical (unpaired) electrons. The van der Waals surface area contributed by atoms with Gasteiger partial charge in [0.2, 0.25) is 5.91 Å². The van der Waals surface area contributed by atoms with E-state index in [1.54, 1.807) is 0 Å². The van der Waals surface area contributed by atoms with Crippen molar-refractivity contribution in [3.63, 3.8) is 0 Å². The second-order valence-electron chi connectivity index (χ2n) is 4.95. The first-order chi connectivity index (χ1) is 8.95. The Kier molecular flexibility index (Phi) is 5.83. The van der Waals surface area contributed by atoms with Crippen molar-refractivity contribution in [1.29, 1.82) is 0 Å². The van der Waals surface area contributed by atoms with E-state index >= 15 is 0 Å². The number of para-hydroxylation sites is 1. The number of benzene rings is 1. The molecule has 0 aromatic heterocycles. The van der Waals surface area contributed by atoms with Gasteiger partial charge in [-0.2, -0.15) is 0 Å². The van der Waals surface area contributed by atoms with Crippen molar-refractivity contribution in [2.45, 2.75) is 52.3 Å². The molecule has 0 fully saturated rings. The fourth-order valence-corrected chi connectivity index (χ4v) is 1.78. The summed E-state index contributed by atoms with van der Waals surface area (Å²) in [7, 11) is 0. The topological polar surface area (TPSA) is 64.4 Å². The molecule has 4 nitrogen and oxygen atoms in total. The number of carbonyl (C=O) groups excluding carboxylic acids is 1. The van der Waals surface area contributed by atoms with E-state index in [0.29, 0.717) is 6.42 Å². The molecule has 1 aromatic rings. The van der Waals surface area contributed by atoms with Gasteiger partial charge in [0.1, 0.15) is 5.75 Å². The fraction of sp³-hybridized carbons (Fsp3) is 0.533. The summed E-state index contributed by atoms with van der Waals surface area (Å²) >= 11 is 0. The zero-order chi connectivity index (χ0) is 14.4. The predicted octanol–water partition coefficient (Wildman–Crippen LogP) is 2.39. The Labute approximate surface area is 115 Å². The molecule has 1 amide bonds. The van der Waals surface area contributed by atoms with E-state index in [0.717, 1.165) is 11.3 Å². The number of rotatable bonds is 6. The van der Waals surface area contributed by atoms with Crippen LogP contribution in [0.4, 0.5) is 0 Å². The highest BCUT2D eigenvalue weighted by atomic mass is 16.5. The van der Waals surface area contributed by atoms with Crippen molar-refractivity contribution in [2.75, 3.05) is 0 Å². The van der Waals surface area contributed by atoms with Crippen LogP contribution in [0, 0.1) is 0 Å². The van der Waals surface area contributed by atoms with Crippen LogP contribution in [0.2, 0.25) is 0 Å². The Bertz CT molecular complexity index is 418. The maximum absolute atomic E-state index is 11.8. The van der Waals surface area contributed by atoms with E-state index in [-0.39, 0.29) is 18.1 Å². The third-order valence-electron chi connectivity index (χ3n) is 2.88. The molecule has 0 aliphatic heterocycles. The monoisotopic (exact) mass is 264 g/mol. The van der Waals surface area contributed by atoms with Crippen molar-refractivity contribution in [3.05, 3.63) is 29.8 Å². The summed E-state index contributed by atoms with van der Waals surface area (Å²) in [5.41, 5.74) is 6.68. The minimum atomic E-state index is -0.458. The van der Waals surface area contributed by atoms with Gasteiger partial charge >= 0.3 is 0 Å². The van der Waals surface area contributed by atoms with Gasteiger partial charge in [0.15, 0.2) is 0 Å². The average molecular weight is 264 g/mol. The van der Waals surface area contributed by atoms with Gasteiger partial charge in [0.25, 0.3) is 0 Å². The van der Waals surface area contributed by atoms with Crippen molar-refractivity contribution in [2.24, 2.45) is 5.73 Å². The predicted molar refractivity (Wildman–Crippen MR) is 77.0 cm³/mol. The molecule has 106 valence electrons. The highest BCUT2D eigenvalue weighted by Crippen LogP contribution is 2.25. The Morgan fingerprint density at radius 3 is 2.53 bits per heavy atom. The Morgan fingerprint density at radius 2 is 1.95 bits per heavy atom. The standard InChI is InChI=1S/C15H24N2O2/c1-5-13(16)15(18)17-11(4)12-8-6-7-9-14(12)19-10(2)3/h6-11,13H,5,16H2,1-4H3,(H,17,18)/t11?,13-/m0/s1. The van der Waals surface area contributed by atoms with Crippen LogP contribution < -0.4 is 15.8 Å². The molecule has 0 saturated heterocycles. The SMILES string of the molecule is CC[C@H](N)C(=O)NC(C)c1ccccc1OC(C)C. The number of nitrogens with one attached hydrogen (secondary N) is 1. The second kappa shape index (κ2) is 7.14. The molecule has 1 aromatic carbocycles. The third kappa shape index (κ3) is 4.56. The summed E-state index contributed by atoms with van der Waals surface area (Å²) in [6.45, 7) is 7.79. The van der Waals surface area contributed by atoms with Gasteiger partial charge in [-0.15, -0.1) is 0 Å². The summed E-state index contributed by atoms with van der Waals surface area (Å²) in [5.74, 6) is 0.671. The molecule has 0 bridgehead atoms. The van der Waals surface area contributed by atoms with Gasteiger partial charge in [0, 0.05) is 5.56 Å². The van der Waals surface area contributed by atoms with Crippen molar-refractivity contribution < 1.29 is 9.53 Å². The zero-order valence-corrected chi connectivity index (χ0v) is 12.1. The highest BCUT2D eigenvalue weighted by molar-refractivity contribution is 5.81. The Morgan fingerprint density at radius 1 is 1.32 bits per heavy atom. The first-order valence-corrected chi connectivity index (χ1v) is 6.77. The van der Waals surface area contributed by atoms with E-state index < -0.39 is 6.04 Å². The number of hydrogen-bond acceptors (Lipinski definition) is 3. The lowest BCUT2D eigenvalue weighted by atomic mass is 10.1. The van der Waals surface area contributed by atoms with Gasteiger partial charge in [-0.25, -0.2) is 0 Å². The van der Waals surface area contributed by atoms with Crippen LogP contribution in [0.3, 0.4) is 0 Å². The molecule has 0 heterocycles. The van der Waals surface area contributed by atoms with E-state index in [9.17, 15) is 4.79 Å². The number of ether oxygens (including phenoxy) is 1. The Balaban J connectivity index is 2.81.